The lowest BCUT2D eigenvalue weighted by Gasteiger charge is -2.09. The number of aliphatic carboxylic acids is 1. The quantitative estimate of drug-likeness (QED) is 0.836. The van der Waals surface area contributed by atoms with Gasteiger partial charge in [0.2, 0.25) is 0 Å². The van der Waals surface area contributed by atoms with Crippen LogP contribution in [-0.2, 0) is 14.6 Å². The van der Waals surface area contributed by atoms with Gasteiger partial charge in [0, 0.05) is 0 Å². The van der Waals surface area contributed by atoms with Gasteiger partial charge in [-0.25, -0.2) is 8.42 Å². The second-order valence-electron chi connectivity index (χ2n) is 4.67. The Labute approximate surface area is 105 Å². The summed E-state index contributed by atoms with van der Waals surface area (Å²) in [7, 11) is -3.69. The third-order valence-electron chi connectivity index (χ3n) is 3.44. The van der Waals surface area contributed by atoms with Crippen LogP contribution in [-0.4, -0.2) is 36.5 Å². The molecule has 0 unspecified atom stereocenters. The molecule has 0 radical (unpaired) electrons. The fraction of sp³-hybridized carbons (Fsp3) is 0.417. The molecule has 6 heteroatoms. The van der Waals surface area contributed by atoms with Crippen molar-refractivity contribution in [2.75, 3.05) is 6.61 Å². The van der Waals surface area contributed by atoms with Crippen LogP contribution in [0, 0.1) is 12.3 Å². The molecule has 1 aromatic carbocycles. The second kappa shape index (κ2) is 4.07. The molecule has 1 aliphatic carbocycles. The van der Waals surface area contributed by atoms with Crippen LogP contribution in [0.5, 0.6) is 0 Å². The van der Waals surface area contributed by atoms with Crippen molar-refractivity contribution in [2.45, 2.75) is 23.5 Å². The molecule has 0 saturated heterocycles. The number of sulfone groups is 1. The van der Waals surface area contributed by atoms with Crippen molar-refractivity contribution >= 4 is 15.8 Å². The van der Waals surface area contributed by atoms with E-state index in [0.717, 1.165) is 5.56 Å². The molecule has 1 aliphatic rings. The summed E-state index contributed by atoms with van der Waals surface area (Å²) in [6.07, 6.45) is -0.0327. The van der Waals surface area contributed by atoms with Crippen LogP contribution in [0.1, 0.15) is 12.0 Å². The Bertz CT molecular complexity index is 575. The van der Waals surface area contributed by atoms with E-state index >= 15 is 0 Å². The van der Waals surface area contributed by atoms with Gasteiger partial charge < -0.3 is 10.2 Å². The molecule has 0 aliphatic heterocycles. The van der Waals surface area contributed by atoms with Crippen LogP contribution in [0.15, 0.2) is 29.2 Å². The summed E-state index contributed by atoms with van der Waals surface area (Å²) in [4.78, 5) is 11.1. The lowest BCUT2D eigenvalue weighted by atomic mass is 10.1. The van der Waals surface area contributed by atoms with Crippen LogP contribution in [0.2, 0.25) is 0 Å². The molecular formula is C12H14O5S. The first kappa shape index (κ1) is 13.0. The van der Waals surface area contributed by atoms with E-state index in [1.165, 1.54) is 12.1 Å². The van der Waals surface area contributed by atoms with Crippen LogP contribution in [0.3, 0.4) is 0 Å². The molecule has 1 fully saturated rings. The Morgan fingerprint density at radius 1 is 1.39 bits per heavy atom. The van der Waals surface area contributed by atoms with Gasteiger partial charge in [0.25, 0.3) is 0 Å². The molecule has 1 aromatic rings. The summed E-state index contributed by atoms with van der Waals surface area (Å²) >= 11 is 0. The largest absolute Gasteiger partial charge is 0.481 e. The number of carbonyl (C=O) groups is 1. The Hall–Kier alpha value is -1.40. The molecular weight excluding hydrogens is 256 g/mol. The summed E-state index contributed by atoms with van der Waals surface area (Å²) in [5, 5.41) is 17.1. The summed E-state index contributed by atoms with van der Waals surface area (Å²) < 4.78 is 24.4. The van der Waals surface area contributed by atoms with Gasteiger partial charge in [-0.05, 0) is 25.5 Å². The topological polar surface area (TPSA) is 91.7 Å². The first-order valence-corrected chi connectivity index (χ1v) is 7.04. The van der Waals surface area contributed by atoms with Crippen LogP contribution in [0.4, 0.5) is 0 Å². The van der Waals surface area contributed by atoms with Crippen molar-refractivity contribution in [3.8, 4) is 0 Å². The summed E-state index contributed by atoms with van der Waals surface area (Å²) in [5.41, 5.74) is -0.597. The Balaban J connectivity index is 2.35. The molecule has 0 spiro atoms. The molecule has 2 N–H and O–H groups in total. The molecule has 0 aromatic heterocycles. The average molecular weight is 270 g/mol. The summed E-state index contributed by atoms with van der Waals surface area (Å²) in [5.74, 6) is -1.26. The first-order valence-electron chi connectivity index (χ1n) is 5.49. The monoisotopic (exact) mass is 270 g/mol. The SMILES string of the molecule is Cc1ccc(S(=O)(=O)[C@@H]2C[C@@]2(CO)C(=O)O)cc1. The van der Waals surface area contributed by atoms with Gasteiger partial charge in [-0.1, -0.05) is 17.7 Å². The zero-order valence-corrected chi connectivity index (χ0v) is 10.6. The Morgan fingerprint density at radius 2 is 1.94 bits per heavy atom. The van der Waals surface area contributed by atoms with Gasteiger partial charge in [0.1, 0.15) is 5.41 Å². The lowest BCUT2D eigenvalue weighted by molar-refractivity contribution is -0.144. The third-order valence-corrected chi connectivity index (χ3v) is 5.73. The number of aryl methyl sites for hydroxylation is 1. The molecule has 1 saturated carbocycles. The number of carboxylic acid groups (broad SMARTS) is 1. The maximum Gasteiger partial charge on any atom is 0.313 e. The van der Waals surface area contributed by atoms with Crippen molar-refractivity contribution in [1.82, 2.24) is 0 Å². The third kappa shape index (κ3) is 1.81. The van der Waals surface area contributed by atoms with E-state index in [-0.39, 0.29) is 11.3 Å². The highest BCUT2D eigenvalue weighted by atomic mass is 32.2. The first-order chi connectivity index (χ1) is 8.34. The number of aliphatic hydroxyl groups excluding tert-OH is 1. The van der Waals surface area contributed by atoms with Crippen molar-refractivity contribution in [3.05, 3.63) is 29.8 Å². The van der Waals surface area contributed by atoms with Crippen molar-refractivity contribution in [3.63, 3.8) is 0 Å². The van der Waals surface area contributed by atoms with E-state index in [9.17, 15) is 13.2 Å². The van der Waals surface area contributed by atoms with Crippen LogP contribution in [0.25, 0.3) is 0 Å². The minimum atomic E-state index is -3.69. The fourth-order valence-electron chi connectivity index (χ4n) is 2.03. The fourth-order valence-corrected chi connectivity index (χ4v) is 4.16. The van der Waals surface area contributed by atoms with Gasteiger partial charge >= 0.3 is 5.97 Å². The minimum absolute atomic E-state index is 0.0327. The van der Waals surface area contributed by atoms with E-state index in [4.69, 9.17) is 10.2 Å². The number of aliphatic hydroxyl groups is 1. The highest BCUT2D eigenvalue weighted by Crippen LogP contribution is 2.52. The molecule has 0 bridgehead atoms. The Morgan fingerprint density at radius 3 is 2.33 bits per heavy atom. The highest BCUT2D eigenvalue weighted by Gasteiger charge is 2.66. The molecule has 98 valence electrons. The molecule has 2 atom stereocenters. The standard InChI is InChI=1S/C12H14O5S/c1-8-2-4-9(5-3-8)18(16,17)10-6-12(10,7-13)11(14)15/h2-5,10,13H,6-7H2,1H3,(H,14,15)/t10-,12+/m1/s1. The molecule has 0 amide bonds. The van der Waals surface area contributed by atoms with E-state index in [1.807, 2.05) is 6.92 Å². The number of carboxylic acids is 1. The van der Waals surface area contributed by atoms with E-state index < -0.39 is 33.1 Å². The van der Waals surface area contributed by atoms with Crippen molar-refractivity contribution in [1.29, 1.82) is 0 Å². The van der Waals surface area contributed by atoms with Gasteiger partial charge in [-0.2, -0.15) is 0 Å². The smallest absolute Gasteiger partial charge is 0.313 e. The number of hydrogen-bond acceptors (Lipinski definition) is 4. The predicted molar refractivity (Wildman–Crippen MR) is 63.9 cm³/mol. The molecule has 2 rings (SSSR count). The number of benzene rings is 1. The van der Waals surface area contributed by atoms with Gasteiger partial charge in [0.05, 0.1) is 16.8 Å². The van der Waals surface area contributed by atoms with E-state index in [1.54, 1.807) is 12.1 Å². The minimum Gasteiger partial charge on any atom is -0.481 e. The molecule has 18 heavy (non-hydrogen) atoms. The second-order valence-corrected chi connectivity index (χ2v) is 6.80. The maximum atomic E-state index is 12.2. The number of hydrogen-bond donors (Lipinski definition) is 2. The predicted octanol–water partition coefficient (Wildman–Crippen LogP) is 0.604. The van der Waals surface area contributed by atoms with Gasteiger partial charge in [-0.15, -0.1) is 0 Å². The highest BCUT2D eigenvalue weighted by molar-refractivity contribution is 7.92. The van der Waals surface area contributed by atoms with E-state index in [0.29, 0.717) is 0 Å². The van der Waals surface area contributed by atoms with Crippen molar-refractivity contribution in [2.24, 2.45) is 5.41 Å². The van der Waals surface area contributed by atoms with Crippen LogP contribution < -0.4 is 0 Å². The molecule has 5 nitrogen and oxygen atoms in total. The summed E-state index contributed by atoms with van der Waals surface area (Å²) in [6, 6.07) is 6.26. The van der Waals surface area contributed by atoms with Crippen LogP contribution >= 0.6 is 0 Å². The number of rotatable bonds is 4. The zero-order valence-electron chi connectivity index (χ0n) is 9.83. The Kier molecular flexibility index (Phi) is 2.95. The lowest BCUT2D eigenvalue weighted by Crippen LogP contribution is -2.27. The normalized spacial score (nSPS) is 26.9. The van der Waals surface area contributed by atoms with Gasteiger partial charge in [0.15, 0.2) is 9.84 Å². The van der Waals surface area contributed by atoms with Gasteiger partial charge in [-0.3, -0.25) is 4.79 Å². The average Bonchev–Trinajstić information content (AvgIpc) is 3.06. The zero-order chi connectivity index (χ0) is 13.6. The van der Waals surface area contributed by atoms with Crippen molar-refractivity contribution < 1.29 is 23.4 Å². The summed E-state index contributed by atoms with van der Waals surface area (Å²) in [6.45, 7) is 1.18. The molecule has 0 heterocycles. The van der Waals surface area contributed by atoms with E-state index in [2.05, 4.69) is 0 Å². The maximum absolute atomic E-state index is 12.2.